The lowest BCUT2D eigenvalue weighted by atomic mass is 10.2. The van der Waals surface area contributed by atoms with E-state index in [0.717, 1.165) is 23.5 Å². The number of para-hydroxylation sites is 2. The number of halogens is 2. The van der Waals surface area contributed by atoms with E-state index in [1.165, 1.54) is 12.3 Å². The first kappa shape index (κ1) is 16.6. The summed E-state index contributed by atoms with van der Waals surface area (Å²) < 4.78 is 27.3. The summed E-state index contributed by atoms with van der Waals surface area (Å²) in [6.07, 6.45) is 1.47. The Balaban J connectivity index is 1.85. The molecule has 1 heterocycles. The van der Waals surface area contributed by atoms with Crippen LogP contribution in [0.1, 0.15) is 10.5 Å². The molecule has 3 aromatic rings. The summed E-state index contributed by atoms with van der Waals surface area (Å²) in [6, 6.07) is 16.2. The minimum Gasteiger partial charge on any atom is -0.345 e. The molecule has 0 atom stereocenters. The minimum absolute atomic E-state index is 0.0583. The van der Waals surface area contributed by atoms with E-state index in [1.54, 1.807) is 12.1 Å². The topological polar surface area (TPSA) is 45.2 Å². The van der Waals surface area contributed by atoms with Gasteiger partial charge in [0.15, 0.2) is 0 Å². The SMILES string of the molecule is CN(c1ccccc1)c1ccnc(C(=O)Nc2c(F)cccc2F)c1. The molecule has 0 aliphatic rings. The number of rotatable bonds is 4. The zero-order valence-corrected chi connectivity index (χ0v) is 13.4. The number of pyridine rings is 1. The van der Waals surface area contributed by atoms with Gasteiger partial charge in [0.1, 0.15) is 23.0 Å². The summed E-state index contributed by atoms with van der Waals surface area (Å²) in [5, 5.41) is 2.23. The molecule has 6 heteroatoms. The number of carbonyl (C=O) groups is 1. The second-order valence-corrected chi connectivity index (χ2v) is 5.34. The molecule has 0 radical (unpaired) electrons. The van der Waals surface area contributed by atoms with Gasteiger partial charge in [-0.05, 0) is 36.4 Å². The fourth-order valence-electron chi connectivity index (χ4n) is 2.35. The highest BCUT2D eigenvalue weighted by Gasteiger charge is 2.15. The first-order valence-corrected chi connectivity index (χ1v) is 7.56. The van der Waals surface area contributed by atoms with Crippen LogP contribution in [0.4, 0.5) is 25.8 Å². The molecule has 0 fully saturated rings. The summed E-state index contributed by atoms with van der Waals surface area (Å²) in [5.41, 5.74) is 1.22. The van der Waals surface area contributed by atoms with E-state index in [2.05, 4.69) is 10.3 Å². The average Bonchev–Trinajstić information content (AvgIpc) is 2.65. The van der Waals surface area contributed by atoms with Gasteiger partial charge in [0, 0.05) is 24.6 Å². The molecule has 25 heavy (non-hydrogen) atoms. The lowest BCUT2D eigenvalue weighted by Crippen LogP contribution is -2.17. The largest absolute Gasteiger partial charge is 0.345 e. The third-order valence-corrected chi connectivity index (χ3v) is 3.71. The number of carbonyl (C=O) groups excluding carboxylic acids is 1. The van der Waals surface area contributed by atoms with E-state index in [-0.39, 0.29) is 5.69 Å². The summed E-state index contributed by atoms with van der Waals surface area (Å²) in [6.45, 7) is 0. The Morgan fingerprint density at radius 3 is 2.32 bits per heavy atom. The van der Waals surface area contributed by atoms with Crippen molar-refractivity contribution < 1.29 is 13.6 Å². The van der Waals surface area contributed by atoms with Gasteiger partial charge in [-0.3, -0.25) is 9.78 Å². The predicted molar refractivity (Wildman–Crippen MR) is 93.1 cm³/mol. The highest BCUT2D eigenvalue weighted by Crippen LogP contribution is 2.24. The molecule has 0 bridgehead atoms. The average molecular weight is 339 g/mol. The van der Waals surface area contributed by atoms with Crippen molar-refractivity contribution in [3.63, 3.8) is 0 Å². The molecule has 1 aromatic heterocycles. The second kappa shape index (κ2) is 7.09. The van der Waals surface area contributed by atoms with Gasteiger partial charge in [-0.1, -0.05) is 24.3 Å². The lowest BCUT2D eigenvalue weighted by molar-refractivity contribution is 0.102. The number of nitrogens with one attached hydrogen (secondary N) is 1. The van der Waals surface area contributed by atoms with Crippen LogP contribution in [0.15, 0.2) is 66.9 Å². The number of aromatic nitrogens is 1. The molecular weight excluding hydrogens is 324 g/mol. The van der Waals surface area contributed by atoms with Crippen LogP contribution in [0.25, 0.3) is 0 Å². The molecule has 0 saturated carbocycles. The van der Waals surface area contributed by atoms with Crippen LogP contribution in [0.3, 0.4) is 0 Å². The van der Waals surface area contributed by atoms with Crippen LogP contribution in [-0.4, -0.2) is 17.9 Å². The number of benzene rings is 2. The Bertz CT molecular complexity index is 880. The van der Waals surface area contributed by atoms with Crippen LogP contribution in [0, 0.1) is 11.6 Å². The maximum absolute atomic E-state index is 13.7. The van der Waals surface area contributed by atoms with Crippen molar-refractivity contribution in [3.05, 3.63) is 84.2 Å². The van der Waals surface area contributed by atoms with Crippen LogP contribution in [0.2, 0.25) is 0 Å². The Labute approximate surface area is 143 Å². The molecule has 0 aliphatic heterocycles. The molecule has 0 aliphatic carbocycles. The van der Waals surface area contributed by atoms with Crippen LogP contribution in [0.5, 0.6) is 0 Å². The molecule has 4 nitrogen and oxygen atoms in total. The Kier molecular flexibility index (Phi) is 4.70. The summed E-state index contributed by atoms with van der Waals surface area (Å²) in [5.74, 6) is -2.37. The molecule has 0 spiro atoms. The van der Waals surface area contributed by atoms with E-state index in [0.29, 0.717) is 0 Å². The van der Waals surface area contributed by atoms with Crippen molar-refractivity contribution in [2.75, 3.05) is 17.3 Å². The van der Waals surface area contributed by atoms with Gasteiger partial charge in [-0.15, -0.1) is 0 Å². The Morgan fingerprint density at radius 2 is 1.64 bits per heavy atom. The van der Waals surface area contributed by atoms with Gasteiger partial charge in [-0.25, -0.2) is 8.78 Å². The summed E-state index contributed by atoms with van der Waals surface area (Å²) in [7, 11) is 1.85. The molecular formula is C19H15F2N3O. The molecule has 0 saturated heterocycles. The monoisotopic (exact) mass is 339 g/mol. The molecule has 0 unspecified atom stereocenters. The van der Waals surface area contributed by atoms with Crippen molar-refractivity contribution >= 4 is 23.0 Å². The molecule has 2 aromatic carbocycles. The van der Waals surface area contributed by atoms with Crippen LogP contribution < -0.4 is 10.2 Å². The summed E-state index contributed by atoms with van der Waals surface area (Å²) in [4.78, 5) is 18.2. The highest BCUT2D eigenvalue weighted by molar-refractivity contribution is 6.03. The van der Waals surface area contributed by atoms with E-state index in [1.807, 2.05) is 42.3 Å². The molecule has 1 amide bonds. The second-order valence-electron chi connectivity index (χ2n) is 5.34. The zero-order chi connectivity index (χ0) is 17.8. The first-order chi connectivity index (χ1) is 12.1. The third-order valence-electron chi connectivity index (χ3n) is 3.71. The number of anilines is 3. The van der Waals surface area contributed by atoms with E-state index in [9.17, 15) is 13.6 Å². The number of hydrogen-bond acceptors (Lipinski definition) is 3. The Hall–Kier alpha value is -3.28. The molecule has 3 rings (SSSR count). The predicted octanol–water partition coefficient (Wildman–Crippen LogP) is 4.38. The van der Waals surface area contributed by atoms with Crippen molar-refractivity contribution in [1.29, 1.82) is 0 Å². The normalized spacial score (nSPS) is 10.4. The zero-order valence-electron chi connectivity index (χ0n) is 13.4. The Morgan fingerprint density at radius 1 is 0.960 bits per heavy atom. The van der Waals surface area contributed by atoms with Gasteiger partial charge in [-0.2, -0.15) is 0 Å². The fourth-order valence-corrected chi connectivity index (χ4v) is 2.35. The van der Waals surface area contributed by atoms with E-state index >= 15 is 0 Å². The first-order valence-electron chi connectivity index (χ1n) is 7.56. The minimum atomic E-state index is -0.842. The highest BCUT2D eigenvalue weighted by atomic mass is 19.1. The van der Waals surface area contributed by atoms with Crippen molar-refractivity contribution in [3.8, 4) is 0 Å². The molecule has 126 valence electrons. The number of hydrogen-bond donors (Lipinski definition) is 1. The molecule has 1 N–H and O–H groups in total. The number of amides is 1. The van der Waals surface area contributed by atoms with E-state index in [4.69, 9.17) is 0 Å². The van der Waals surface area contributed by atoms with Crippen molar-refractivity contribution in [2.45, 2.75) is 0 Å². The smallest absolute Gasteiger partial charge is 0.274 e. The van der Waals surface area contributed by atoms with Gasteiger partial charge < -0.3 is 10.2 Å². The summed E-state index contributed by atoms with van der Waals surface area (Å²) >= 11 is 0. The maximum Gasteiger partial charge on any atom is 0.274 e. The van der Waals surface area contributed by atoms with Crippen LogP contribution >= 0.6 is 0 Å². The van der Waals surface area contributed by atoms with E-state index < -0.39 is 23.2 Å². The van der Waals surface area contributed by atoms with Crippen LogP contribution in [-0.2, 0) is 0 Å². The van der Waals surface area contributed by atoms with Crippen molar-refractivity contribution in [1.82, 2.24) is 4.98 Å². The van der Waals surface area contributed by atoms with Crippen molar-refractivity contribution in [2.24, 2.45) is 0 Å². The third kappa shape index (κ3) is 3.63. The fraction of sp³-hybridized carbons (Fsp3) is 0.0526. The van der Waals surface area contributed by atoms with Gasteiger partial charge in [0.25, 0.3) is 5.91 Å². The van der Waals surface area contributed by atoms with Gasteiger partial charge >= 0.3 is 0 Å². The maximum atomic E-state index is 13.7. The standard InChI is InChI=1S/C19H15F2N3O/c1-24(13-6-3-2-4-7-13)14-10-11-22-17(12-14)19(25)23-18-15(20)8-5-9-16(18)21/h2-12H,1H3,(H,23,25). The van der Waals surface area contributed by atoms with Gasteiger partial charge in [0.2, 0.25) is 0 Å². The quantitative estimate of drug-likeness (QED) is 0.767. The lowest BCUT2D eigenvalue weighted by Gasteiger charge is -2.19. The van der Waals surface area contributed by atoms with Gasteiger partial charge in [0.05, 0.1) is 0 Å². The number of nitrogens with zero attached hydrogens (tertiary/aromatic N) is 2.